The summed E-state index contributed by atoms with van der Waals surface area (Å²) in [5.74, 6) is 1.79. The Morgan fingerprint density at radius 3 is 2.65 bits per heavy atom. The van der Waals surface area contributed by atoms with Gasteiger partial charge in [0.15, 0.2) is 0 Å². The molecule has 0 amide bonds. The van der Waals surface area contributed by atoms with Crippen LogP contribution in [0.15, 0.2) is 0 Å². The fraction of sp³-hybridized carbons (Fsp3) is 1.00. The standard InChI is InChI=1S/C15H32N2/c1-5-7-10-17(4)12-14-11-13(3)8-9-15(14)16-6-2/h13-16H,5-12H2,1-4H3. The van der Waals surface area contributed by atoms with Crippen LogP contribution in [0.3, 0.4) is 0 Å². The first-order valence-electron chi connectivity index (χ1n) is 7.59. The van der Waals surface area contributed by atoms with Gasteiger partial charge in [0.1, 0.15) is 0 Å². The molecule has 0 heterocycles. The molecule has 2 nitrogen and oxygen atoms in total. The normalized spacial score (nSPS) is 29.8. The number of hydrogen-bond donors (Lipinski definition) is 1. The van der Waals surface area contributed by atoms with Crippen molar-refractivity contribution in [3.05, 3.63) is 0 Å². The van der Waals surface area contributed by atoms with Gasteiger partial charge in [-0.05, 0) is 57.7 Å². The average Bonchev–Trinajstić information content (AvgIpc) is 2.30. The highest BCUT2D eigenvalue weighted by Gasteiger charge is 2.28. The Kier molecular flexibility index (Phi) is 7.14. The molecule has 0 saturated heterocycles. The Bertz CT molecular complexity index is 193. The number of rotatable bonds is 7. The van der Waals surface area contributed by atoms with Crippen LogP contribution in [0.5, 0.6) is 0 Å². The average molecular weight is 240 g/mol. The highest BCUT2D eigenvalue weighted by atomic mass is 15.1. The topological polar surface area (TPSA) is 15.3 Å². The van der Waals surface area contributed by atoms with E-state index in [0.29, 0.717) is 0 Å². The Balaban J connectivity index is 2.39. The Labute approximate surface area is 108 Å². The van der Waals surface area contributed by atoms with Crippen LogP contribution in [0.2, 0.25) is 0 Å². The Hall–Kier alpha value is -0.0800. The van der Waals surface area contributed by atoms with E-state index >= 15 is 0 Å². The minimum atomic E-state index is 0.764. The van der Waals surface area contributed by atoms with Crippen molar-refractivity contribution in [1.29, 1.82) is 0 Å². The number of nitrogens with one attached hydrogen (secondary N) is 1. The fourth-order valence-electron chi connectivity index (χ4n) is 3.15. The highest BCUT2D eigenvalue weighted by Crippen LogP contribution is 2.29. The summed E-state index contributed by atoms with van der Waals surface area (Å²) in [7, 11) is 2.29. The summed E-state index contributed by atoms with van der Waals surface area (Å²) in [6.07, 6.45) is 6.84. The zero-order valence-corrected chi connectivity index (χ0v) is 12.3. The van der Waals surface area contributed by atoms with E-state index in [0.717, 1.165) is 24.4 Å². The molecule has 1 N–H and O–H groups in total. The lowest BCUT2D eigenvalue weighted by atomic mass is 9.78. The SMILES string of the molecule is CCCCN(C)CC1CC(C)CCC1NCC. The molecule has 102 valence electrons. The molecule has 0 aromatic rings. The summed E-state index contributed by atoms with van der Waals surface area (Å²) in [6.45, 7) is 10.6. The fourth-order valence-corrected chi connectivity index (χ4v) is 3.15. The molecule has 2 heteroatoms. The van der Waals surface area contributed by atoms with Crippen molar-refractivity contribution >= 4 is 0 Å². The summed E-state index contributed by atoms with van der Waals surface area (Å²) in [4.78, 5) is 2.54. The zero-order chi connectivity index (χ0) is 12.7. The van der Waals surface area contributed by atoms with Gasteiger partial charge in [-0.3, -0.25) is 0 Å². The van der Waals surface area contributed by atoms with Gasteiger partial charge in [0.05, 0.1) is 0 Å². The van der Waals surface area contributed by atoms with Crippen LogP contribution in [-0.2, 0) is 0 Å². The second kappa shape index (κ2) is 8.10. The Morgan fingerprint density at radius 1 is 1.24 bits per heavy atom. The van der Waals surface area contributed by atoms with Crippen molar-refractivity contribution in [1.82, 2.24) is 10.2 Å². The lowest BCUT2D eigenvalue weighted by Gasteiger charge is -2.37. The van der Waals surface area contributed by atoms with Crippen molar-refractivity contribution in [2.75, 3.05) is 26.7 Å². The predicted molar refractivity (Wildman–Crippen MR) is 76.4 cm³/mol. The highest BCUT2D eigenvalue weighted by molar-refractivity contribution is 4.84. The summed E-state index contributed by atoms with van der Waals surface area (Å²) in [5, 5.41) is 3.69. The number of hydrogen-bond acceptors (Lipinski definition) is 2. The van der Waals surface area contributed by atoms with E-state index in [1.807, 2.05) is 0 Å². The Morgan fingerprint density at radius 2 is 2.00 bits per heavy atom. The van der Waals surface area contributed by atoms with Gasteiger partial charge in [-0.2, -0.15) is 0 Å². The minimum absolute atomic E-state index is 0.764. The van der Waals surface area contributed by atoms with Gasteiger partial charge < -0.3 is 10.2 Å². The first-order valence-corrected chi connectivity index (χ1v) is 7.59. The van der Waals surface area contributed by atoms with Crippen LogP contribution in [0.1, 0.15) is 52.9 Å². The van der Waals surface area contributed by atoms with E-state index in [1.54, 1.807) is 0 Å². The molecule has 1 rings (SSSR count). The summed E-state index contributed by atoms with van der Waals surface area (Å²) in [6, 6.07) is 0.764. The van der Waals surface area contributed by atoms with E-state index < -0.39 is 0 Å². The first kappa shape index (κ1) is 15.0. The van der Waals surface area contributed by atoms with E-state index in [1.165, 1.54) is 45.2 Å². The van der Waals surface area contributed by atoms with Gasteiger partial charge in [0.2, 0.25) is 0 Å². The third-order valence-electron chi connectivity index (χ3n) is 4.15. The molecule has 1 fully saturated rings. The van der Waals surface area contributed by atoms with Crippen LogP contribution < -0.4 is 5.32 Å². The molecule has 1 aliphatic carbocycles. The smallest absolute Gasteiger partial charge is 0.0108 e. The lowest BCUT2D eigenvalue weighted by molar-refractivity contribution is 0.160. The molecular formula is C15H32N2. The van der Waals surface area contributed by atoms with E-state index in [-0.39, 0.29) is 0 Å². The van der Waals surface area contributed by atoms with E-state index in [9.17, 15) is 0 Å². The molecule has 0 aliphatic heterocycles. The zero-order valence-electron chi connectivity index (χ0n) is 12.3. The molecule has 0 radical (unpaired) electrons. The van der Waals surface area contributed by atoms with Crippen molar-refractivity contribution < 1.29 is 0 Å². The second-order valence-electron chi connectivity index (χ2n) is 5.96. The lowest BCUT2D eigenvalue weighted by Crippen LogP contribution is -2.45. The maximum Gasteiger partial charge on any atom is 0.0108 e. The van der Waals surface area contributed by atoms with Gasteiger partial charge in [0, 0.05) is 12.6 Å². The van der Waals surface area contributed by atoms with Crippen LogP contribution in [0.25, 0.3) is 0 Å². The maximum atomic E-state index is 3.69. The number of unbranched alkanes of at least 4 members (excludes halogenated alkanes) is 1. The van der Waals surface area contributed by atoms with Gasteiger partial charge in [-0.1, -0.05) is 27.2 Å². The molecule has 3 unspecified atom stereocenters. The maximum absolute atomic E-state index is 3.69. The molecule has 17 heavy (non-hydrogen) atoms. The summed E-state index contributed by atoms with van der Waals surface area (Å²) < 4.78 is 0. The molecule has 3 atom stereocenters. The molecule has 0 bridgehead atoms. The third kappa shape index (κ3) is 5.39. The van der Waals surface area contributed by atoms with Gasteiger partial charge in [0.25, 0.3) is 0 Å². The van der Waals surface area contributed by atoms with Crippen molar-refractivity contribution in [2.45, 2.75) is 58.9 Å². The van der Waals surface area contributed by atoms with Crippen LogP contribution >= 0.6 is 0 Å². The minimum Gasteiger partial charge on any atom is -0.314 e. The van der Waals surface area contributed by atoms with Crippen molar-refractivity contribution in [3.8, 4) is 0 Å². The van der Waals surface area contributed by atoms with E-state index in [2.05, 4.69) is 38.0 Å². The third-order valence-corrected chi connectivity index (χ3v) is 4.15. The van der Waals surface area contributed by atoms with Gasteiger partial charge in [-0.15, -0.1) is 0 Å². The molecule has 0 aromatic heterocycles. The molecule has 0 spiro atoms. The predicted octanol–water partition coefficient (Wildman–Crippen LogP) is 3.13. The quantitative estimate of drug-likeness (QED) is 0.735. The first-order chi connectivity index (χ1) is 8.17. The summed E-state index contributed by atoms with van der Waals surface area (Å²) >= 11 is 0. The van der Waals surface area contributed by atoms with Crippen LogP contribution in [0, 0.1) is 11.8 Å². The number of nitrogens with zero attached hydrogens (tertiary/aromatic N) is 1. The molecular weight excluding hydrogens is 208 g/mol. The van der Waals surface area contributed by atoms with Gasteiger partial charge in [-0.25, -0.2) is 0 Å². The van der Waals surface area contributed by atoms with Crippen LogP contribution in [0.4, 0.5) is 0 Å². The summed E-state index contributed by atoms with van der Waals surface area (Å²) in [5.41, 5.74) is 0. The van der Waals surface area contributed by atoms with Gasteiger partial charge >= 0.3 is 0 Å². The van der Waals surface area contributed by atoms with E-state index in [4.69, 9.17) is 0 Å². The molecule has 1 aliphatic rings. The van der Waals surface area contributed by atoms with Crippen molar-refractivity contribution in [3.63, 3.8) is 0 Å². The van der Waals surface area contributed by atoms with Crippen molar-refractivity contribution in [2.24, 2.45) is 11.8 Å². The van der Waals surface area contributed by atoms with Crippen LogP contribution in [-0.4, -0.2) is 37.6 Å². The monoisotopic (exact) mass is 240 g/mol. The molecule has 0 aromatic carbocycles. The second-order valence-corrected chi connectivity index (χ2v) is 5.96. The molecule has 1 saturated carbocycles. The largest absolute Gasteiger partial charge is 0.314 e.